The molecular weight excluding hydrogens is 440 g/mol. The first kappa shape index (κ1) is 22.9. The molecular formula is C27H30N6O2. The average molecular weight is 471 g/mol. The number of benzene rings is 3. The van der Waals surface area contributed by atoms with Gasteiger partial charge in [-0.2, -0.15) is 0 Å². The number of rotatable bonds is 8. The monoisotopic (exact) mass is 470 g/mol. The van der Waals surface area contributed by atoms with Crippen molar-refractivity contribution in [2.75, 3.05) is 45.3 Å². The fraction of sp³-hybridized carbons (Fsp3) is 0.296. The maximum Gasteiger partial charge on any atom is 0.173 e. The second-order valence-corrected chi connectivity index (χ2v) is 8.55. The smallest absolute Gasteiger partial charge is 0.173 e. The molecule has 0 N–H and O–H groups in total. The predicted molar refractivity (Wildman–Crippen MR) is 135 cm³/mol. The zero-order valence-corrected chi connectivity index (χ0v) is 20.1. The quantitative estimate of drug-likeness (QED) is 0.389. The van der Waals surface area contributed by atoms with Gasteiger partial charge in [-0.1, -0.05) is 54.6 Å². The molecule has 8 heteroatoms. The van der Waals surface area contributed by atoms with Crippen LogP contribution in [0, 0.1) is 0 Å². The number of methoxy groups -OCH3 is 2. The Morgan fingerprint density at radius 2 is 1.51 bits per heavy atom. The summed E-state index contributed by atoms with van der Waals surface area (Å²) in [5.41, 5.74) is 3.43. The molecule has 1 atom stereocenters. The normalized spacial score (nSPS) is 15.1. The van der Waals surface area contributed by atoms with Crippen molar-refractivity contribution >= 4 is 5.69 Å². The highest BCUT2D eigenvalue weighted by atomic mass is 16.5. The van der Waals surface area contributed by atoms with Gasteiger partial charge < -0.3 is 14.4 Å². The maximum atomic E-state index is 5.60. The standard InChI is InChI=1S/C27H30N6O2/c1-34-23-14-12-22(13-15-23)26(27-28-29-30-33(27)20-21-8-4-3-5-9-21)32-18-16-31(17-19-32)24-10-6-7-11-25(24)35-2/h3-15,26H,16-20H2,1-2H3/t26-/m0/s1. The maximum absolute atomic E-state index is 5.60. The zero-order chi connectivity index (χ0) is 24.0. The molecule has 1 fully saturated rings. The highest BCUT2D eigenvalue weighted by Gasteiger charge is 2.31. The highest BCUT2D eigenvalue weighted by molar-refractivity contribution is 5.58. The van der Waals surface area contributed by atoms with Crippen LogP contribution in [-0.4, -0.2) is 65.5 Å². The Bertz CT molecular complexity index is 1220. The Kier molecular flexibility index (Phi) is 6.90. The Morgan fingerprint density at radius 1 is 0.800 bits per heavy atom. The molecule has 0 spiro atoms. The molecule has 1 aliphatic rings. The molecule has 35 heavy (non-hydrogen) atoms. The first-order valence-corrected chi connectivity index (χ1v) is 11.8. The van der Waals surface area contributed by atoms with Crippen LogP contribution in [0.1, 0.15) is 23.0 Å². The zero-order valence-electron chi connectivity index (χ0n) is 20.1. The van der Waals surface area contributed by atoms with Crippen molar-refractivity contribution in [1.82, 2.24) is 25.1 Å². The third-order valence-corrected chi connectivity index (χ3v) is 6.52. The van der Waals surface area contributed by atoms with Crippen molar-refractivity contribution in [1.29, 1.82) is 0 Å². The first-order valence-electron chi connectivity index (χ1n) is 11.8. The summed E-state index contributed by atoms with van der Waals surface area (Å²) in [6.07, 6.45) is 0. The van der Waals surface area contributed by atoms with Gasteiger partial charge in [-0.05, 0) is 45.8 Å². The van der Waals surface area contributed by atoms with Crippen molar-refractivity contribution in [2.24, 2.45) is 0 Å². The van der Waals surface area contributed by atoms with Gasteiger partial charge in [0.2, 0.25) is 0 Å². The SMILES string of the molecule is COc1ccc([C@@H](c2nnnn2Cc2ccccc2)N2CCN(c3ccccc3OC)CC2)cc1. The molecule has 0 saturated carbocycles. The molecule has 5 rings (SSSR count). The molecule has 8 nitrogen and oxygen atoms in total. The molecule has 0 bridgehead atoms. The lowest BCUT2D eigenvalue weighted by Gasteiger charge is -2.40. The molecule has 0 amide bonds. The van der Waals surface area contributed by atoms with Crippen molar-refractivity contribution < 1.29 is 9.47 Å². The van der Waals surface area contributed by atoms with E-state index < -0.39 is 0 Å². The summed E-state index contributed by atoms with van der Waals surface area (Å²) in [5, 5.41) is 12.9. The van der Waals surface area contributed by atoms with Crippen LogP contribution in [0.3, 0.4) is 0 Å². The molecule has 0 unspecified atom stereocenters. The number of hydrogen-bond acceptors (Lipinski definition) is 7. The molecule has 3 aromatic carbocycles. The first-order chi connectivity index (χ1) is 17.3. The third-order valence-electron chi connectivity index (χ3n) is 6.52. The van der Waals surface area contributed by atoms with E-state index in [1.807, 2.05) is 47.1 Å². The minimum atomic E-state index is -0.0700. The van der Waals surface area contributed by atoms with E-state index in [1.54, 1.807) is 14.2 Å². The number of tetrazole rings is 1. The minimum Gasteiger partial charge on any atom is -0.497 e. The van der Waals surface area contributed by atoms with E-state index in [0.717, 1.165) is 60.3 Å². The van der Waals surface area contributed by atoms with Crippen LogP contribution in [0.5, 0.6) is 11.5 Å². The van der Waals surface area contributed by atoms with Gasteiger partial charge in [0.25, 0.3) is 0 Å². The molecule has 1 aliphatic heterocycles. The van der Waals surface area contributed by atoms with Crippen molar-refractivity contribution in [2.45, 2.75) is 12.6 Å². The summed E-state index contributed by atoms with van der Waals surface area (Å²) in [6.45, 7) is 4.12. The van der Waals surface area contributed by atoms with Crippen LogP contribution in [0.2, 0.25) is 0 Å². The molecule has 180 valence electrons. The van der Waals surface area contributed by atoms with Crippen LogP contribution < -0.4 is 14.4 Å². The van der Waals surface area contributed by atoms with E-state index in [1.165, 1.54) is 0 Å². The predicted octanol–water partition coefficient (Wildman–Crippen LogP) is 3.65. The number of anilines is 1. The van der Waals surface area contributed by atoms with Gasteiger partial charge in [0.1, 0.15) is 11.5 Å². The van der Waals surface area contributed by atoms with Gasteiger partial charge in [0.05, 0.1) is 32.5 Å². The molecule has 2 heterocycles. The minimum absolute atomic E-state index is 0.0700. The van der Waals surface area contributed by atoms with Gasteiger partial charge in [0, 0.05) is 26.2 Å². The van der Waals surface area contributed by atoms with E-state index >= 15 is 0 Å². The molecule has 0 aliphatic carbocycles. The van der Waals surface area contributed by atoms with E-state index in [2.05, 4.69) is 61.7 Å². The number of hydrogen-bond donors (Lipinski definition) is 0. The summed E-state index contributed by atoms with van der Waals surface area (Å²) in [5.74, 6) is 2.57. The van der Waals surface area contributed by atoms with Crippen LogP contribution in [-0.2, 0) is 6.54 Å². The fourth-order valence-corrected chi connectivity index (χ4v) is 4.70. The number of para-hydroxylation sites is 2. The Labute approximate surface area is 205 Å². The van der Waals surface area contributed by atoms with E-state index in [-0.39, 0.29) is 6.04 Å². The van der Waals surface area contributed by atoms with Gasteiger partial charge in [-0.25, -0.2) is 4.68 Å². The largest absolute Gasteiger partial charge is 0.497 e. The van der Waals surface area contributed by atoms with Crippen molar-refractivity contribution in [3.8, 4) is 11.5 Å². The number of ether oxygens (including phenoxy) is 2. The summed E-state index contributed by atoms with van der Waals surface area (Å²) in [6, 6.07) is 26.6. The number of nitrogens with zero attached hydrogens (tertiary/aromatic N) is 6. The van der Waals surface area contributed by atoms with Gasteiger partial charge in [0.15, 0.2) is 5.82 Å². The lowest BCUT2D eigenvalue weighted by Crippen LogP contribution is -2.48. The second-order valence-electron chi connectivity index (χ2n) is 8.55. The Morgan fingerprint density at radius 3 is 2.23 bits per heavy atom. The topological polar surface area (TPSA) is 68.5 Å². The molecule has 1 aromatic heterocycles. The van der Waals surface area contributed by atoms with Gasteiger partial charge in [-0.3, -0.25) is 4.90 Å². The summed E-state index contributed by atoms with van der Waals surface area (Å²) in [4.78, 5) is 4.84. The van der Waals surface area contributed by atoms with E-state index in [0.29, 0.717) is 6.54 Å². The summed E-state index contributed by atoms with van der Waals surface area (Å²) < 4.78 is 12.9. The Hall–Kier alpha value is -3.91. The van der Waals surface area contributed by atoms with Crippen molar-refractivity contribution in [3.63, 3.8) is 0 Å². The van der Waals surface area contributed by atoms with Crippen LogP contribution in [0.25, 0.3) is 0 Å². The lowest BCUT2D eigenvalue weighted by molar-refractivity contribution is 0.201. The van der Waals surface area contributed by atoms with Crippen molar-refractivity contribution in [3.05, 3.63) is 95.8 Å². The fourth-order valence-electron chi connectivity index (χ4n) is 4.70. The summed E-state index contributed by atoms with van der Waals surface area (Å²) >= 11 is 0. The highest BCUT2D eigenvalue weighted by Crippen LogP contribution is 2.33. The molecule has 4 aromatic rings. The molecule has 1 saturated heterocycles. The Balaban J connectivity index is 1.43. The summed E-state index contributed by atoms with van der Waals surface area (Å²) in [7, 11) is 3.41. The number of aromatic nitrogens is 4. The van der Waals surface area contributed by atoms with Crippen LogP contribution in [0.4, 0.5) is 5.69 Å². The average Bonchev–Trinajstić information content (AvgIpc) is 3.37. The van der Waals surface area contributed by atoms with Gasteiger partial charge >= 0.3 is 0 Å². The van der Waals surface area contributed by atoms with Crippen LogP contribution in [0.15, 0.2) is 78.9 Å². The van der Waals surface area contributed by atoms with Gasteiger partial charge in [-0.15, -0.1) is 5.10 Å². The lowest BCUT2D eigenvalue weighted by atomic mass is 10.0. The van der Waals surface area contributed by atoms with E-state index in [4.69, 9.17) is 9.47 Å². The van der Waals surface area contributed by atoms with Crippen LogP contribution >= 0.6 is 0 Å². The second kappa shape index (κ2) is 10.6. The number of piperazine rings is 1. The molecule has 0 radical (unpaired) electrons. The van der Waals surface area contributed by atoms with E-state index in [9.17, 15) is 0 Å². The third kappa shape index (κ3) is 4.97.